The molecule has 1 aromatic carbocycles. The maximum atomic E-state index is 9.04. The first-order valence-electron chi connectivity index (χ1n) is 4.34. The monoisotopic (exact) mass is 192 g/mol. The van der Waals surface area contributed by atoms with Gasteiger partial charge < -0.3 is 10.2 Å². The maximum Gasteiger partial charge on any atom is 0.157 e. The Labute approximate surface area is 84.8 Å². The van der Waals surface area contributed by atoms with Gasteiger partial charge in [0.05, 0.1) is 0 Å². The molecule has 2 N–H and O–H groups in total. The van der Waals surface area contributed by atoms with Crippen LogP contribution in [0.1, 0.15) is 12.5 Å². The minimum absolute atomic E-state index is 0.0793. The molecule has 0 unspecified atom stereocenters. The molecule has 0 aliphatic carbocycles. The Hall–Kier alpha value is -1.70. The van der Waals surface area contributed by atoms with E-state index in [2.05, 4.69) is 13.2 Å². The third-order valence-corrected chi connectivity index (χ3v) is 1.42. The van der Waals surface area contributed by atoms with E-state index in [4.69, 9.17) is 10.2 Å². The van der Waals surface area contributed by atoms with Crippen molar-refractivity contribution in [2.45, 2.75) is 13.3 Å². The Morgan fingerprint density at radius 2 is 1.79 bits per heavy atom. The van der Waals surface area contributed by atoms with Crippen LogP contribution < -0.4 is 0 Å². The number of phenolic OH excluding ortho intramolecular Hbond substituents is 2. The van der Waals surface area contributed by atoms with E-state index in [-0.39, 0.29) is 11.5 Å². The van der Waals surface area contributed by atoms with Crippen LogP contribution in [0.2, 0.25) is 0 Å². The fraction of sp³-hybridized carbons (Fsp3) is 0.167. The van der Waals surface area contributed by atoms with Gasteiger partial charge >= 0.3 is 0 Å². The van der Waals surface area contributed by atoms with E-state index < -0.39 is 0 Å². The minimum atomic E-state index is -0.0854. The Kier molecular flexibility index (Phi) is 5.95. The molecule has 0 bridgehead atoms. The lowest BCUT2D eigenvalue weighted by molar-refractivity contribution is 0.403. The molecule has 0 aromatic heterocycles. The Bertz CT molecular complexity index is 303. The van der Waals surface area contributed by atoms with Crippen molar-refractivity contribution in [3.8, 4) is 11.5 Å². The SMILES string of the molecule is C=CC.C=CCc1ccc(O)c(O)c1. The van der Waals surface area contributed by atoms with Gasteiger partial charge in [-0.15, -0.1) is 13.2 Å². The van der Waals surface area contributed by atoms with Crippen LogP contribution in [0.25, 0.3) is 0 Å². The lowest BCUT2D eigenvalue weighted by Crippen LogP contribution is -1.79. The van der Waals surface area contributed by atoms with Gasteiger partial charge in [0.15, 0.2) is 11.5 Å². The van der Waals surface area contributed by atoms with Crippen LogP contribution in [0, 0.1) is 0 Å². The van der Waals surface area contributed by atoms with Crippen LogP contribution in [0.5, 0.6) is 11.5 Å². The normalized spacial score (nSPS) is 8.36. The predicted molar refractivity (Wildman–Crippen MR) is 59.5 cm³/mol. The van der Waals surface area contributed by atoms with Gasteiger partial charge in [0.2, 0.25) is 0 Å². The summed E-state index contributed by atoms with van der Waals surface area (Å²) >= 11 is 0. The van der Waals surface area contributed by atoms with E-state index >= 15 is 0 Å². The second-order valence-electron chi connectivity index (χ2n) is 2.72. The lowest BCUT2D eigenvalue weighted by atomic mass is 10.1. The van der Waals surface area contributed by atoms with E-state index in [0.717, 1.165) is 5.56 Å². The number of phenols is 2. The van der Waals surface area contributed by atoms with E-state index in [0.29, 0.717) is 6.42 Å². The molecule has 0 atom stereocenters. The number of rotatable bonds is 2. The quantitative estimate of drug-likeness (QED) is 0.558. The fourth-order valence-electron chi connectivity index (χ4n) is 0.863. The maximum absolute atomic E-state index is 9.04. The second kappa shape index (κ2) is 6.78. The summed E-state index contributed by atoms with van der Waals surface area (Å²) in [7, 11) is 0. The Morgan fingerprint density at radius 1 is 1.21 bits per heavy atom. The largest absolute Gasteiger partial charge is 0.504 e. The summed E-state index contributed by atoms with van der Waals surface area (Å²) in [6.45, 7) is 8.81. The van der Waals surface area contributed by atoms with Crippen molar-refractivity contribution in [3.05, 3.63) is 49.1 Å². The molecule has 76 valence electrons. The highest BCUT2D eigenvalue weighted by atomic mass is 16.3. The Balaban J connectivity index is 0.000000500. The zero-order valence-electron chi connectivity index (χ0n) is 8.40. The lowest BCUT2D eigenvalue weighted by Gasteiger charge is -1.99. The summed E-state index contributed by atoms with van der Waals surface area (Å²) in [6.07, 6.45) is 4.19. The summed E-state index contributed by atoms with van der Waals surface area (Å²) in [4.78, 5) is 0. The molecule has 0 aliphatic heterocycles. The van der Waals surface area contributed by atoms with Crippen LogP contribution in [0.4, 0.5) is 0 Å². The summed E-state index contributed by atoms with van der Waals surface area (Å²) in [6, 6.07) is 4.74. The van der Waals surface area contributed by atoms with Gasteiger partial charge in [-0.25, -0.2) is 0 Å². The molecule has 0 heterocycles. The van der Waals surface area contributed by atoms with Gasteiger partial charge in [0.25, 0.3) is 0 Å². The van der Waals surface area contributed by atoms with E-state index in [9.17, 15) is 0 Å². The van der Waals surface area contributed by atoms with E-state index in [1.54, 1.807) is 18.2 Å². The van der Waals surface area contributed by atoms with Crippen molar-refractivity contribution in [3.63, 3.8) is 0 Å². The summed E-state index contributed by atoms with van der Waals surface area (Å²) < 4.78 is 0. The van der Waals surface area contributed by atoms with Gasteiger partial charge in [-0.2, -0.15) is 0 Å². The van der Waals surface area contributed by atoms with Crippen LogP contribution >= 0.6 is 0 Å². The first kappa shape index (κ1) is 12.3. The third-order valence-electron chi connectivity index (χ3n) is 1.42. The van der Waals surface area contributed by atoms with Crippen molar-refractivity contribution < 1.29 is 10.2 Å². The highest BCUT2D eigenvalue weighted by Gasteiger charge is 1.97. The average molecular weight is 192 g/mol. The highest BCUT2D eigenvalue weighted by molar-refractivity contribution is 5.40. The summed E-state index contributed by atoms with van der Waals surface area (Å²) in [5, 5.41) is 18.0. The summed E-state index contributed by atoms with van der Waals surface area (Å²) in [5.74, 6) is -0.165. The highest BCUT2D eigenvalue weighted by Crippen LogP contribution is 2.24. The number of hydrogen-bond acceptors (Lipinski definition) is 2. The van der Waals surface area contributed by atoms with Crippen LogP contribution in [0.3, 0.4) is 0 Å². The average Bonchev–Trinajstić information content (AvgIpc) is 2.13. The van der Waals surface area contributed by atoms with Gasteiger partial charge in [-0.1, -0.05) is 18.2 Å². The van der Waals surface area contributed by atoms with Crippen molar-refractivity contribution in [2.24, 2.45) is 0 Å². The Morgan fingerprint density at radius 3 is 2.21 bits per heavy atom. The zero-order valence-corrected chi connectivity index (χ0v) is 8.40. The number of hydrogen-bond donors (Lipinski definition) is 2. The molecular weight excluding hydrogens is 176 g/mol. The smallest absolute Gasteiger partial charge is 0.157 e. The molecule has 1 rings (SSSR count). The molecule has 0 aliphatic rings. The van der Waals surface area contributed by atoms with E-state index in [1.807, 2.05) is 6.92 Å². The molecule has 2 heteroatoms. The summed E-state index contributed by atoms with van der Waals surface area (Å²) in [5.41, 5.74) is 0.940. The van der Waals surface area contributed by atoms with Gasteiger partial charge in [-0.05, 0) is 31.0 Å². The van der Waals surface area contributed by atoms with Gasteiger partial charge in [-0.3, -0.25) is 0 Å². The molecule has 2 nitrogen and oxygen atoms in total. The van der Waals surface area contributed by atoms with E-state index in [1.165, 1.54) is 12.1 Å². The van der Waals surface area contributed by atoms with Gasteiger partial charge in [0.1, 0.15) is 0 Å². The second-order valence-corrected chi connectivity index (χ2v) is 2.72. The number of allylic oxidation sites excluding steroid dienone is 2. The molecule has 14 heavy (non-hydrogen) atoms. The molecule has 0 radical (unpaired) electrons. The van der Waals surface area contributed by atoms with Crippen molar-refractivity contribution in [1.82, 2.24) is 0 Å². The predicted octanol–water partition coefficient (Wildman–Crippen LogP) is 3.02. The number of benzene rings is 1. The van der Waals surface area contributed by atoms with Crippen LogP contribution in [0.15, 0.2) is 43.5 Å². The first-order valence-corrected chi connectivity index (χ1v) is 4.34. The fourth-order valence-corrected chi connectivity index (χ4v) is 0.863. The molecule has 0 saturated heterocycles. The molecule has 0 fully saturated rings. The molecular formula is C12H16O2. The molecule has 1 aromatic rings. The van der Waals surface area contributed by atoms with Gasteiger partial charge in [0, 0.05) is 0 Å². The van der Waals surface area contributed by atoms with Crippen molar-refractivity contribution >= 4 is 0 Å². The first-order chi connectivity index (χ1) is 6.65. The molecule has 0 spiro atoms. The number of aromatic hydroxyl groups is 2. The van der Waals surface area contributed by atoms with Crippen LogP contribution in [-0.2, 0) is 6.42 Å². The zero-order chi connectivity index (χ0) is 11.0. The van der Waals surface area contributed by atoms with Crippen molar-refractivity contribution in [1.29, 1.82) is 0 Å². The third kappa shape index (κ3) is 4.36. The molecule has 0 amide bonds. The molecule has 0 saturated carbocycles. The van der Waals surface area contributed by atoms with Crippen molar-refractivity contribution in [2.75, 3.05) is 0 Å². The minimum Gasteiger partial charge on any atom is -0.504 e. The van der Waals surface area contributed by atoms with Crippen LogP contribution in [-0.4, -0.2) is 10.2 Å². The topological polar surface area (TPSA) is 40.5 Å². The standard InChI is InChI=1S/C9H10O2.C3H6/c1-2-3-7-4-5-8(10)9(11)6-7;1-3-2/h2,4-6,10-11H,1,3H2;3H,1H2,2H3.